The molecule has 0 aromatic carbocycles. The Hall–Kier alpha value is -3.46. The van der Waals surface area contributed by atoms with Crippen molar-refractivity contribution in [3.05, 3.63) is 24.3 Å². The van der Waals surface area contributed by atoms with Gasteiger partial charge in [0.1, 0.15) is 25.4 Å². The fourth-order valence-electron chi connectivity index (χ4n) is 8.73. The summed E-state index contributed by atoms with van der Waals surface area (Å²) in [5.41, 5.74) is 0. The smallest absolute Gasteiger partial charge is 0.305 e. The highest BCUT2D eigenvalue weighted by atomic mass is 16.6. The van der Waals surface area contributed by atoms with Crippen molar-refractivity contribution < 1.29 is 57.9 Å². The summed E-state index contributed by atoms with van der Waals surface area (Å²) in [5.74, 6) is 1.50. The van der Waals surface area contributed by atoms with Gasteiger partial charge in [0.25, 0.3) is 23.6 Å². The molecule has 0 radical (unpaired) electrons. The summed E-state index contributed by atoms with van der Waals surface area (Å²) in [4.78, 5) is 72.7. The minimum atomic E-state index is -0.892. The van der Waals surface area contributed by atoms with Crippen molar-refractivity contribution in [2.75, 3.05) is 52.7 Å². The van der Waals surface area contributed by atoms with E-state index in [1.165, 1.54) is 40.5 Å². The second-order valence-corrected chi connectivity index (χ2v) is 15.0. The van der Waals surface area contributed by atoms with Crippen LogP contribution in [0.25, 0.3) is 0 Å². The Morgan fingerprint density at radius 2 is 1.08 bits per heavy atom. The Morgan fingerprint density at radius 1 is 0.596 bits per heavy atom. The molecule has 52 heavy (non-hydrogen) atoms. The molecule has 5 rings (SSSR count). The number of rotatable bonds is 24. The molecule has 3 saturated carbocycles. The summed E-state index contributed by atoms with van der Waals surface area (Å²) in [5, 5.41) is 20.6. The highest BCUT2D eigenvalue weighted by Gasteiger charge is 2.55. The van der Waals surface area contributed by atoms with Gasteiger partial charge in [-0.15, -0.1) is 0 Å². The molecular weight excluding hydrogens is 676 g/mol. The van der Waals surface area contributed by atoms with Crippen LogP contribution in [0.15, 0.2) is 24.3 Å². The zero-order valence-electron chi connectivity index (χ0n) is 29.9. The number of imide groups is 2. The van der Waals surface area contributed by atoms with Crippen molar-refractivity contribution >= 4 is 35.6 Å². The van der Waals surface area contributed by atoms with Crippen LogP contribution in [0.1, 0.15) is 77.0 Å². The van der Waals surface area contributed by atoms with Crippen LogP contribution >= 0.6 is 0 Å². The van der Waals surface area contributed by atoms with Crippen molar-refractivity contribution in [3.63, 3.8) is 0 Å². The first-order valence-electron chi connectivity index (χ1n) is 19.0. The fraction of sp³-hybridized carbons (Fsp3) is 0.737. The Morgan fingerprint density at radius 3 is 1.60 bits per heavy atom. The van der Waals surface area contributed by atoms with Crippen LogP contribution in [0.2, 0.25) is 0 Å². The van der Waals surface area contributed by atoms with E-state index >= 15 is 0 Å². The number of hydrogen-bond acceptors (Lipinski definition) is 12. The van der Waals surface area contributed by atoms with Crippen molar-refractivity contribution in [1.82, 2.24) is 9.80 Å². The topological polar surface area (TPSA) is 186 Å². The lowest BCUT2D eigenvalue weighted by Crippen LogP contribution is -2.30. The second-order valence-electron chi connectivity index (χ2n) is 15.0. The Kier molecular flexibility index (Phi) is 15.0. The van der Waals surface area contributed by atoms with Crippen LogP contribution in [0.4, 0.5) is 0 Å². The minimum absolute atomic E-state index is 0.106. The molecule has 0 aromatic rings. The van der Waals surface area contributed by atoms with E-state index in [0.29, 0.717) is 100 Å². The van der Waals surface area contributed by atoms with Crippen LogP contribution in [0, 0.1) is 35.5 Å². The first kappa shape index (κ1) is 39.7. The number of unbranched alkanes of at least 4 members (excludes halogenated alkanes) is 4. The van der Waals surface area contributed by atoms with Gasteiger partial charge >= 0.3 is 11.9 Å². The molecule has 14 nitrogen and oxygen atoms in total. The number of carbonyl (C=O) groups is 6. The van der Waals surface area contributed by atoms with Crippen molar-refractivity contribution in [1.29, 1.82) is 0 Å². The second kappa shape index (κ2) is 19.6. The summed E-state index contributed by atoms with van der Waals surface area (Å²) < 4.78 is 22.1. The van der Waals surface area contributed by atoms with Crippen LogP contribution in [0.5, 0.6) is 0 Å². The molecule has 2 aliphatic heterocycles. The maximum Gasteiger partial charge on any atom is 0.305 e. The number of carbonyl (C=O) groups excluding carboxylic acids is 6. The molecule has 8 unspecified atom stereocenters. The first-order chi connectivity index (χ1) is 25.1. The molecule has 3 aliphatic carbocycles. The zero-order valence-corrected chi connectivity index (χ0v) is 29.9. The van der Waals surface area contributed by atoms with Gasteiger partial charge in [0.2, 0.25) is 0 Å². The summed E-state index contributed by atoms with van der Waals surface area (Å²) >= 11 is 0. The number of esters is 2. The van der Waals surface area contributed by atoms with Gasteiger partial charge in [-0.3, -0.25) is 38.6 Å². The van der Waals surface area contributed by atoms with E-state index in [1.807, 2.05) is 0 Å². The standard InChI is InChI=1S/C38H54N2O12/c41-28(23-51-37(47)7-3-1-5-13-39-33(43)9-10-34(39)44)21-49-19-25-15-30-26-17-27(31(18-26)32(30)16-25)20-50-22-29(42)24-52-38(48)8-4-2-6-14-40-35(45)11-12-36(40)46/h9-12,25-32,41-42H,1-8,13-24H2. The number of hydrogen-bond donors (Lipinski definition) is 2. The summed E-state index contributed by atoms with van der Waals surface area (Å²) in [7, 11) is 0. The summed E-state index contributed by atoms with van der Waals surface area (Å²) in [6.07, 6.45) is 12.0. The van der Waals surface area contributed by atoms with Crippen molar-refractivity contribution in [3.8, 4) is 0 Å². The number of aliphatic hydroxyl groups is 2. The predicted octanol–water partition coefficient (Wildman–Crippen LogP) is 2.10. The lowest BCUT2D eigenvalue weighted by Gasteiger charge is -2.31. The molecule has 0 saturated heterocycles. The third-order valence-electron chi connectivity index (χ3n) is 11.2. The number of ether oxygens (including phenoxy) is 4. The average Bonchev–Trinajstić information content (AvgIpc) is 3.93. The summed E-state index contributed by atoms with van der Waals surface area (Å²) in [6.45, 7) is 1.80. The Labute approximate surface area is 304 Å². The van der Waals surface area contributed by atoms with Gasteiger partial charge in [0, 0.05) is 63.4 Å². The normalized spacial score (nSPS) is 27.3. The maximum absolute atomic E-state index is 12.1. The number of fused-ring (bicyclic) bond motifs is 5. The quantitative estimate of drug-likeness (QED) is 0.0839. The average molecular weight is 731 g/mol. The van der Waals surface area contributed by atoms with E-state index in [1.54, 1.807) is 0 Å². The monoisotopic (exact) mass is 730 g/mol. The van der Waals surface area contributed by atoms with E-state index in [2.05, 4.69) is 0 Å². The highest BCUT2D eigenvalue weighted by Crippen LogP contribution is 2.62. The first-order valence-corrected chi connectivity index (χ1v) is 19.0. The molecule has 4 amide bonds. The van der Waals surface area contributed by atoms with Gasteiger partial charge in [-0.05, 0) is 86.9 Å². The zero-order chi connectivity index (χ0) is 37.0. The summed E-state index contributed by atoms with van der Waals surface area (Å²) in [6, 6.07) is 0. The van der Waals surface area contributed by atoms with E-state index in [0.717, 1.165) is 19.3 Å². The minimum Gasteiger partial charge on any atom is -0.463 e. The number of aliphatic hydroxyl groups excluding tert-OH is 2. The molecule has 3 fully saturated rings. The van der Waals surface area contributed by atoms with Crippen LogP contribution in [-0.4, -0.2) is 121 Å². The van der Waals surface area contributed by atoms with E-state index in [9.17, 15) is 39.0 Å². The van der Waals surface area contributed by atoms with Gasteiger partial charge in [-0.1, -0.05) is 12.8 Å². The van der Waals surface area contributed by atoms with E-state index in [4.69, 9.17) is 18.9 Å². The maximum atomic E-state index is 12.1. The lowest BCUT2D eigenvalue weighted by atomic mass is 9.76. The van der Waals surface area contributed by atoms with E-state index < -0.39 is 24.1 Å². The fourth-order valence-corrected chi connectivity index (χ4v) is 8.73. The SMILES string of the molecule is O=C(CCCCCN1C(=O)C=CC1=O)OCC(O)COCC1CC2C3CC(COCC(O)COC(=O)CCCCCN4C(=O)C=CC4=O)C(C3)C2C1. The molecule has 0 aromatic heterocycles. The molecule has 2 N–H and O–H groups in total. The number of amides is 4. The molecule has 8 atom stereocenters. The molecule has 5 aliphatic rings. The molecule has 14 heteroatoms. The Bertz CT molecular complexity index is 1310. The van der Waals surface area contributed by atoms with E-state index in [-0.39, 0.29) is 62.9 Å². The molecule has 288 valence electrons. The van der Waals surface area contributed by atoms with Gasteiger partial charge < -0.3 is 29.2 Å². The van der Waals surface area contributed by atoms with Gasteiger partial charge in [-0.2, -0.15) is 0 Å². The molecule has 2 bridgehead atoms. The van der Waals surface area contributed by atoms with Crippen LogP contribution in [0.3, 0.4) is 0 Å². The molecule has 0 spiro atoms. The highest BCUT2D eigenvalue weighted by molar-refractivity contribution is 6.13. The molecular formula is C38H54N2O12. The largest absolute Gasteiger partial charge is 0.463 e. The van der Waals surface area contributed by atoms with Gasteiger partial charge in [0.15, 0.2) is 0 Å². The van der Waals surface area contributed by atoms with Crippen LogP contribution < -0.4 is 0 Å². The Balaban J connectivity index is 0.847. The van der Waals surface area contributed by atoms with Crippen molar-refractivity contribution in [2.45, 2.75) is 89.3 Å². The van der Waals surface area contributed by atoms with Crippen molar-refractivity contribution in [2.24, 2.45) is 35.5 Å². The third kappa shape index (κ3) is 11.3. The number of nitrogens with zero attached hydrogens (tertiary/aromatic N) is 2. The third-order valence-corrected chi connectivity index (χ3v) is 11.2. The van der Waals surface area contributed by atoms with Gasteiger partial charge in [-0.25, -0.2) is 0 Å². The van der Waals surface area contributed by atoms with Crippen LogP contribution in [-0.2, 0) is 47.7 Å². The molecule has 2 heterocycles. The lowest BCUT2D eigenvalue weighted by molar-refractivity contribution is -0.148. The van der Waals surface area contributed by atoms with Gasteiger partial charge in [0.05, 0.1) is 13.2 Å². The predicted molar refractivity (Wildman–Crippen MR) is 184 cm³/mol.